The number of carboxylic acid groups (broad SMARTS) is 1. The first-order valence-electron chi connectivity index (χ1n) is 4.96. The van der Waals surface area contributed by atoms with Gasteiger partial charge in [0.2, 0.25) is 0 Å². The standard InChI is InChI=1S/C12H10INO2S/c13-9-3-1-2-4-10(9)14-7-8-5-6-17-11(8)12(15)16/h1-6,14H,7H2,(H,15,16). The Balaban J connectivity index is 2.10. The number of aromatic carboxylic acids is 1. The smallest absolute Gasteiger partial charge is 0.346 e. The van der Waals surface area contributed by atoms with Crippen molar-refractivity contribution in [1.29, 1.82) is 0 Å². The minimum absolute atomic E-state index is 0.406. The summed E-state index contributed by atoms with van der Waals surface area (Å²) in [6.45, 7) is 0.533. The number of para-hydroxylation sites is 1. The van der Waals surface area contributed by atoms with Crippen molar-refractivity contribution in [1.82, 2.24) is 0 Å². The lowest BCUT2D eigenvalue weighted by molar-refractivity contribution is 0.0701. The van der Waals surface area contributed by atoms with Gasteiger partial charge in [-0.05, 0) is 51.7 Å². The van der Waals surface area contributed by atoms with E-state index in [1.807, 2.05) is 30.3 Å². The second-order valence-corrected chi connectivity index (χ2v) is 5.49. The second-order valence-electron chi connectivity index (χ2n) is 3.41. The van der Waals surface area contributed by atoms with Gasteiger partial charge in [0.05, 0.1) is 0 Å². The minimum Gasteiger partial charge on any atom is -0.477 e. The molecule has 1 heterocycles. The van der Waals surface area contributed by atoms with Crippen molar-refractivity contribution in [3.05, 3.63) is 49.7 Å². The molecule has 0 fully saturated rings. The molecule has 3 nitrogen and oxygen atoms in total. The Morgan fingerprint density at radius 2 is 2.12 bits per heavy atom. The molecule has 17 heavy (non-hydrogen) atoms. The molecule has 1 aromatic carbocycles. The lowest BCUT2D eigenvalue weighted by Crippen LogP contribution is -2.04. The van der Waals surface area contributed by atoms with Crippen molar-refractivity contribution < 1.29 is 9.90 Å². The van der Waals surface area contributed by atoms with E-state index >= 15 is 0 Å². The molecule has 0 atom stereocenters. The number of carbonyl (C=O) groups is 1. The quantitative estimate of drug-likeness (QED) is 0.820. The summed E-state index contributed by atoms with van der Waals surface area (Å²) in [5.41, 5.74) is 1.85. The van der Waals surface area contributed by atoms with Gasteiger partial charge in [-0.3, -0.25) is 0 Å². The molecule has 2 aromatic rings. The molecule has 0 amide bonds. The third kappa shape index (κ3) is 2.98. The van der Waals surface area contributed by atoms with Crippen LogP contribution in [0.15, 0.2) is 35.7 Å². The molecule has 0 radical (unpaired) electrons. The maximum atomic E-state index is 10.9. The molecule has 2 rings (SSSR count). The van der Waals surface area contributed by atoms with Gasteiger partial charge in [-0.2, -0.15) is 0 Å². The maximum Gasteiger partial charge on any atom is 0.346 e. The molecular weight excluding hydrogens is 349 g/mol. The second kappa shape index (κ2) is 5.50. The van der Waals surface area contributed by atoms with Crippen molar-refractivity contribution in [2.75, 3.05) is 5.32 Å². The highest BCUT2D eigenvalue weighted by molar-refractivity contribution is 14.1. The number of anilines is 1. The molecule has 0 saturated carbocycles. The number of rotatable bonds is 4. The summed E-state index contributed by atoms with van der Waals surface area (Å²) in [5, 5.41) is 14.0. The predicted octanol–water partition coefficient (Wildman–Crippen LogP) is 3.66. The van der Waals surface area contributed by atoms with Crippen LogP contribution >= 0.6 is 33.9 Å². The van der Waals surface area contributed by atoms with E-state index in [0.29, 0.717) is 11.4 Å². The SMILES string of the molecule is O=C(O)c1sccc1CNc1ccccc1I. The summed E-state index contributed by atoms with van der Waals surface area (Å²) in [6.07, 6.45) is 0. The number of carboxylic acids is 1. The van der Waals surface area contributed by atoms with Crippen LogP contribution in [-0.4, -0.2) is 11.1 Å². The first-order chi connectivity index (χ1) is 8.18. The Labute approximate surface area is 117 Å². The predicted molar refractivity (Wildman–Crippen MR) is 77.8 cm³/mol. The number of halogens is 1. The number of hydrogen-bond acceptors (Lipinski definition) is 3. The number of hydrogen-bond donors (Lipinski definition) is 2. The van der Waals surface area contributed by atoms with Gasteiger partial charge in [-0.1, -0.05) is 12.1 Å². The van der Waals surface area contributed by atoms with Crippen LogP contribution in [-0.2, 0) is 6.54 Å². The molecule has 0 unspecified atom stereocenters. The summed E-state index contributed by atoms with van der Waals surface area (Å²) in [5.74, 6) is -0.862. The third-order valence-electron chi connectivity index (χ3n) is 2.28. The zero-order valence-electron chi connectivity index (χ0n) is 8.81. The number of thiophene rings is 1. The highest BCUT2D eigenvalue weighted by Gasteiger charge is 2.11. The van der Waals surface area contributed by atoms with Crippen molar-refractivity contribution in [2.24, 2.45) is 0 Å². The van der Waals surface area contributed by atoms with Gasteiger partial charge in [0, 0.05) is 15.8 Å². The molecule has 0 aliphatic heterocycles. The minimum atomic E-state index is -0.862. The van der Waals surface area contributed by atoms with Crippen molar-refractivity contribution in [3.63, 3.8) is 0 Å². The monoisotopic (exact) mass is 359 g/mol. The number of nitrogens with one attached hydrogen (secondary N) is 1. The van der Waals surface area contributed by atoms with E-state index in [1.54, 1.807) is 5.38 Å². The van der Waals surface area contributed by atoms with Crippen LogP contribution in [0.5, 0.6) is 0 Å². The van der Waals surface area contributed by atoms with Crippen LogP contribution in [0.1, 0.15) is 15.2 Å². The average molecular weight is 359 g/mol. The Morgan fingerprint density at radius 3 is 2.82 bits per heavy atom. The maximum absolute atomic E-state index is 10.9. The topological polar surface area (TPSA) is 49.3 Å². The summed E-state index contributed by atoms with van der Waals surface area (Å²) in [7, 11) is 0. The Morgan fingerprint density at radius 1 is 1.35 bits per heavy atom. The van der Waals surface area contributed by atoms with Gasteiger partial charge in [0.15, 0.2) is 0 Å². The lowest BCUT2D eigenvalue weighted by atomic mass is 10.2. The van der Waals surface area contributed by atoms with E-state index in [9.17, 15) is 4.79 Å². The highest BCUT2D eigenvalue weighted by Crippen LogP contribution is 2.21. The lowest BCUT2D eigenvalue weighted by Gasteiger charge is -2.07. The van der Waals surface area contributed by atoms with Crippen molar-refractivity contribution >= 4 is 45.6 Å². The van der Waals surface area contributed by atoms with Gasteiger partial charge < -0.3 is 10.4 Å². The molecule has 88 valence electrons. The normalized spacial score (nSPS) is 10.2. The van der Waals surface area contributed by atoms with Crippen molar-refractivity contribution in [2.45, 2.75) is 6.54 Å². The summed E-state index contributed by atoms with van der Waals surface area (Å²) >= 11 is 3.50. The molecule has 0 aliphatic rings. The third-order valence-corrected chi connectivity index (χ3v) is 4.17. The molecule has 2 N–H and O–H groups in total. The van der Waals surface area contributed by atoms with Crippen LogP contribution in [0, 0.1) is 3.57 Å². The van der Waals surface area contributed by atoms with Crippen LogP contribution in [0.4, 0.5) is 5.69 Å². The van der Waals surface area contributed by atoms with Crippen LogP contribution < -0.4 is 5.32 Å². The molecular formula is C12H10INO2S. The summed E-state index contributed by atoms with van der Waals surface area (Å²) in [4.78, 5) is 11.3. The molecule has 0 spiro atoms. The van der Waals surface area contributed by atoms with Gasteiger partial charge in [-0.15, -0.1) is 11.3 Å². The van der Waals surface area contributed by atoms with E-state index < -0.39 is 5.97 Å². The largest absolute Gasteiger partial charge is 0.477 e. The van der Waals surface area contributed by atoms with E-state index in [1.165, 1.54) is 11.3 Å². The van der Waals surface area contributed by atoms with E-state index in [4.69, 9.17) is 5.11 Å². The average Bonchev–Trinajstić information content (AvgIpc) is 2.76. The highest BCUT2D eigenvalue weighted by atomic mass is 127. The molecule has 5 heteroatoms. The van der Waals surface area contributed by atoms with E-state index in [2.05, 4.69) is 27.9 Å². The van der Waals surface area contributed by atoms with Gasteiger partial charge in [-0.25, -0.2) is 4.79 Å². The first-order valence-corrected chi connectivity index (χ1v) is 6.92. The van der Waals surface area contributed by atoms with Gasteiger partial charge in [0.1, 0.15) is 4.88 Å². The van der Waals surface area contributed by atoms with Crippen LogP contribution in [0.2, 0.25) is 0 Å². The number of benzene rings is 1. The first kappa shape index (κ1) is 12.4. The molecule has 1 aromatic heterocycles. The summed E-state index contributed by atoms with van der Waals surface area (Å²) in [6, 6.07) is 9.76. The molecule has 0 bridgehead atoms. The van der Waals surface area contributed by atoms with Crippen LogP contribution in [0.25, 0.3) is 0 Å². The zero-order chi connectivity index (χ0) is 12.3. The Kier molecular flexibility index (Phi) is 4.01. The van der Waals surface area contributed by atoms with E-state index in [-0.39, 0.29) is 0 Å². The Hall–Kier alpha value is -1.08. The fourth-order valence-electron chi connectivity index (χ4n) is 1.46. The van der Waals surface area contributed by atoms with Crippen molar-refractivity contribution in [3.8, 4) is 0 Å². The van der Waals surface area contributed by atoms with Crippen LogP contribution in [0.3, 0.4) is 0 Å². The Bertz CT molecular complexity index is 539. The fraction of sp³-hybridized carbons (Fsp3) is 0.0833. The summed E-state index contributed by atoms with van der Waals surface area (Å²) < 4.78 is 1.12. The fourth-order valence-corrected chi connectivity index (χ4v) is 2.80. The van der Waals surface area contributed by atoms with E-state index in [0.717, 1.165) is 14.8 Å². The zero-order valence-corrected chi connectivity index (χ0v) is 11.8. The molecule has 0 aliphatic carbocycles. The van der Waals surface area contributed by atoms with Gasteiger partial charge >= 0.3 is 5.97 Å². The van der Waals surface area contributed by atoms with Gasteiger partial charge in [0.25, 0.3) is 0 Å². The molecule has 0 saturated heterocycles.